The van der Waals surface area contributed by atoms with E-state index in [1.165, 1.54) is 24.5 Å². The van der Waals surface area contributed by atoms with Crippen molar-refractivity contribution in [1.29, 1.82) is 0 Å². The first-order valence-electron chi connectivity index (χ1n) is 8.10. The lowest BCUT2D eigenvalue weighted by atomic mass is 10.2. The van der Waals surface area contributed by atoms with Gasteiger partial charge in [0.05, 0.1) is 17.6 Å². The maximum absolute atomic E-state index is 13.7. The molecule has 0 saturated carbocycles. The van der Waals surface area contributed by atoms with Crippen molar-refractivity contribution < 1.29 is 9.18 Å². The number of nitrogens with zero attached hydrogens (tertiary/aromatic N) is 5. The number of piperazine rings is 1. The molecule has 0 aliphatic carbocycles. The molecule has 3 rings (SSSR count). The molecule has 0 unspecified atom stereocenters. The first kappa shape index (κ1) is 18.2. The molecule has 3 heterocycles. The van der Waals surface area contributed by atoms with Gasteiger partial charge in [0.15, 0.2) is 0 Å². The van der Waals surface area contributed by atoms with Gasteiger partial charge < -0.3 is 10.2 Å². The summed E-state index contributed by atoms with van der Waals surface area (Å²) in [7, 11) is 0. The van der Waals surface area contributed by atoms with E-state index in [0.717, 1.165) is 19.6 Å². The smallest absolute Gasteiger partial charge is 0.274 e. The summed E-state index contributed by atoms with van der Waals surface area (Å²) in [5.74, 6) is -1.06. The maximum Gasteiger partial charge on any atom is 0.274 e. The van der Waals surface area contributed by atoms with Crippen molar-refractivity contribution in [2.45, 2.75) is 0 Å². The van der Waals surface area contributed by atoms with E-state index < -0.39 is 11.9 Å². The molecule has 1 amide bonds. The van der Waals surface area contributed by atoms with Crippen LogP contribution in [0.15, 0.2) is 37.2 Å². The number of aromatic nitrogens is 3. The summed E-state index contributed by atoms with van der Waals surface area (Å²) in [6, 6.07) is 2.78. The number of hydrogen-bond acceptors (Lipinski definition) is 6. The molecule has 2 aromatic heterocycles. The number of pyridine rings is 1. The van der Waals surface area contributed by atoms with Gasteiger partial charge in [0, 0.05) is 45.0 Å². The van der Waals surface area contributed by atoms with Crippen LogP contribution in [0, 0.1) is 5.95 Å². The lowest BCUT2D eigenvalue weighted by molar-refractivity contribution is 0.102. The molecule has 0 atom stereocenters. The predicted molar refractivity (Wildman–Crippen MR) is 98.0 cm³/mol. The van der Waals surface area contributed by atoms with Crippen molar-refractivity contribution >= 4 is 28.9 Å². The standard InChI is InChI=1S/C17H18ClFN6O/c1-2-5-24-6-8-25(9-7-24)14-10-15(19)21-11-13(14)22-16(26)12-3-4-20-17(18)23-12/h2-4,10-11H,1,5-9H2,(H,22,26). The molecule has 0 spiro atoms. The van der Waals surface area contributed by atoms with E-state index in [9.17, 15) is 9.18 Å². The topological polar surface area (TPSA) is 74.2 Å². The number of amides is 1. The number of halogens is 2. The van der Waals surface area contributed by atoms with Crippen molar-refractivity contribution in [2.75, 3.05) is 42.9 Å². The van der Waals surface area contributed by atoms with Gasteiger partial charge in [0.2, 0.25) is 11.2 Å². The molecule has 9 heteroatoms. The predicted octanol–water partition coefficient (Wildman–Crippen LogP) is 2.22. The Labute approximate surface area is 155 Å². The zero-order chi connectivity index (χ0) is 18.5. The molecular weight excluding hydrogens is 359 g/mol. The third-order valence-corrected chi connectivity index (χ3v) is 4.24. The van der Waals surface area contributed by atoms with E-state index in [1.807, 2.05) is 11.0 Å². The Hall–Kier alpha value is -2.58. The van der Waals surface area contributed by atoms with Crippen LogP contribution in [0.1, 0.15) is 10.5 Å². The average molecular weight is 377 g/mol. The van der Waals surface area contributed by atoms with Gasteiger partial charge in [-0.05, 0) is 17.7 Å². The van der Waals surface area contributed by atoms with E-state index in [4.69, 9.17) is 11.6 Å². The summed E-state index contributed by atoms with van der Waals surface area (Å²) in [6.07, 6.45) is 4.56. The molecular formula is C17H18ClFN6O. The fraction of sp³-hybridized carbons (Fsp3) is 0.294. The van der Waals surface area contributed by atoms with Gasteiger partial charge in [-0.15, -0.1) is 6.58 Å². The Kier molecular flexibility index (Phi) is 5.75. The molecule has 1 N–H and O–H groups in total. The first-order chi connectivity index (χ1) is 12.6. The quantitative estimate of drug-likeness (QED) is 0.490. The van der Waals surface area contributed by atoms with Crippen LogP contribution in [0.25, 0.3) is 0 Å². The van der Waals surface area contributed by atoms with Crippen molar-refractivity contribution in [2.24, 2.45) is 0 Å². The average Bonchev–Trinajstić information content (AvgIpc) is 2.64. The molecule has 1 fully saturated rings. The number of hydrogen-bond donors (Lipinski definition) is 1. The van der Waals surface area contributed by atoms with E-state index in [0.29, 0.717) is 24.5 Å². The van der Waals surface area contributed by atoms with E-state index in [1.54, 1.807) is 0 Å². The minimum Gasteiger partial charge on any atom is -0.367 e. The Morgan fingerprint density at radius 1 is 1.35 bits per heavy atom. The minimum atomic E-state index is -0.600. The Morgan fingerprint density at radius 2 is 2.12 bits per heavy atom. The largest absolute Gasteiger partial charge is 0.367 e. The van der Waals surface area contributed by atoms with Gasteiger partial charge in [-0.3, -0.25) is 9.69 Å². The molecule has 26 heavy (non-hydrogen) atoms. The Balaban J connectivity index is 1.78. The van der Waals surface area contributed by atoms with Crippen molar-refractivity contribution in [3.63, 3.8) is 0 Å². The highest BCUT2D eigenvalue weighted by molar-refractivity contribution is 6.28. The Morgan fingerprint density at radius 3 is 2.81 bits per heavy atom. The van der Waals surface area contributed by atoms with Crippen LogP contribution >= 0.6 is 11.6 Å². The SMILES string of the molecule is C=CCN1CCN(c2cc(F)ncc2NC(=O)c2ccnc(Cl)n2)CC1. The number of carbonyl (C=O) groups is 1. The molecule has 136 valence electrons. The molecule has 7 nitrogen and oxygen atoms in total. The molecule has 0 aromatic carbocycles. The third kappa shape index (κ3) is 4.33. The summed E-state index contributed by atoms with van der Waals surface area (Å²) >= 11 is 5.72. The highest BCUT2D eigenvalue weighted by Gasteiger charge is 2.21. The highest BCUT2D eigenvalue weighted by atomic mass is 35.5. The zero-order valence-electron chi connectivity index (χ0n) is 14.0. The third-order valence-electron chi connectivity index (χ3n) is 4.06. The zero-order valence-corrected chi connectivity index (χ0v) is 14.8. The monoisotopic (exact) mass is 376 g/mol. The number of carbonyl (C=O) groups excluding carboxylic acids is 1. The Bertz CT molecular complexity index is 810. The summed E-state index contributed by atoms with van der Waals surface area (Å²) in [5, 5.41) is 2.71. The van der Waals surface area contributed by atoms with Crippen LogP contribution in [0.4, 0.5) is 15.8 Å². The molecule has 2 aromatic rings. The van der Waals surface area contributed by atoms with E-state index in [2.05, 4.69) is 31.7 Å². The normalized spacial score (nSPS) is 14.9. The fourth-order valence-corrected chi connectivity index (χ4v) is 2.93. The summed E-state index contributed by atoms with van der Waals surface area (Å²) < 4.78 is 13.7. The van der Waals surface area contributed by atoms with Crippen LogP contribution in [0.3, 0.4) is 0 Å². The minimum absolute atomic E-state index is 0.0200. The second-order valence-electron chi connectivity index (χ2n) is 5.77. The van der Waals surface area contributed by atoms with E-state index >= 15 is 0 Å². The van der Waals surface area contributed by atoms with Crippen LogP contribution in [0.2, 0.25) is 5.28 Å². The molecule has 1 saturated heterocycles. The lowest BCUT2D eigenvalue weighted by Gasteiger charge is -2.36. The van der Waals surface area contributed by atoms with Crippen LogP contribution in [0.5, 0.6) is 0 Å². The lowest BCUT2D eigenvalue weighted by Crippen LogP contribution is -2.46. The summed E-state index contributed by atoms with van der Waals surface area (Å²) in [4.78, 5) is 28.0. The van der Waals surface area contributed by atoms with Gasteiger partial charge in [-0.25, -0.2) is 15.0 Å². The van der Waals surface area contributed by atoms with Crippen molar-refractivity contribution in [1.82, 2.24) is 19.9 Å². The van der Waals surface area contributed by atoms with Gasteiger partial charge in [0.1, 0.15) is 5.69 Å². The summed E-state index contributed by atoms with van der Waals surface area (Å²) in [6.45, 7) is 7.63. The number of anilines is 2. The molecule has 0 radical (unpaired) electrons. The number of nitrogens with one attached hydrogen (secondary N) is 1. The van der Waals surface area contributed by atoms with Crippen LogP contribution in [-0.4, -0.2) is 58.5 Å². The maximum atomic E-state index is 13.7. The second kappa shape index (κ2) is 8.20. The fourth-order valence-electron chi connectivity index (χ4n) is 2.78. The number of rotatable bonds is 5. The highest BCUT2D eigenvalue weighted by Crippen LogP contribution is 2.27. The molecule has 1 aliphatic heterocycles. The van der Waals surface area contributed by atoms with Gasteiger partial charge >= 0.3 is 0 Å². The van der Waals surface area contributed by atoms with E-state index in [-0.39, 0.29) is 11.0 Å². The van der Waals surface area contributed by atoms with Gasteiger partial charge in [0.25, 0.3) is 5.91 Å². The van der Waals surface area contributed by atoms with Gasteiger partial charge in [-0.2, -0.15) is 4.39 Å². The van der Waals surface area contributed by atoms with Gasteiger partial charge in [-0.1, -0.05) is 6.08 Å². The first-order valence-corrected chi connectivity index (χ1v) is 8.48. The second-order valence-corrected chi connectivity index (χ2v) is 6.10. The molecule has 1 aliphatic rings. The summed E-state index contributed by atoms with van der Waals surface area (Å²) in [5.41, 5.74) is 1.13. The molecule has 0 bridgehead atoms. The van der Waals surface area contributed by atoms with Crippen molar-refractivity contribution in [3.8, 4) is 0 Å². The van der Waals surface area contributed by atoms with Crippen molar-refractivity contribution in [3.05, 3.63) is 54.1 Å². The van der Waals surface area contributed by atoms with Crippen LogP contribution < -0.4 is 10.2 Å². The van der Waals surface area contributed by atoms with Crippen LogP contribution in [-0.2, 0) is 0 Å².